The third-order valence-corrected chi connectivity index (χ3v) is 3.22. The highest BCUT2D eigenvalue weighted by molar-refractivity contribution is 5.76. The molecule has 0 radical (unpaired) electrons. The van der Waals surface area contributed by atoms with E-state index in [0.29, 0.717) is 6.54 Å². The number of benzene rings is 2. The predicted molar refractivity (Wildman–Crippen MR) is 90.4 cm³/mol. The van der Waals surface area contributed by atoms with E-state index in [-0.39, 0.29) is 6.03 Å². The number of carbonyl (C=O) groups excluding carboxylic acids is 1. The van der Waals surface area contributed by atoms with E-state index in [1.165, 1.54) is 0 Å². The maximum Gasteiger partial charge on any atom is 0.319 e. The van der Waals surface area contributed by atoms with Crippen molar-refractivity contribution < 1.29 is 14.3 Å². The number of methoxy groups -OCH3 is 2. The van der Waals surface area contributed by atoms with Crippen molar-refractivity contribution in [2.45, 2.75) is 6.54 Å². The van der Waals surface area contributed by atoms with E-state index < -0.39 is 0 Å². The number of carbonyl (C=O) groups is 1. The summed E-state index contributed by atoms with van der Waals surface area (Å²) in [5, 5.41) is 5.44. The topological polar surface area (TPSA) is 59.6 Å². The van der Waals surface area contributed by atoms with Gasteiger partial charge in [-0.1, -0.05) is 30.3 Å². The lowest BCUT2D eigenvalue weighted by molar-refractivity contribution is 0.243. The molecule has 23 heavy (non-hydrogen) atoms. The van der Waals surface area contributed by atoms with Crippen molar-refractivity contribution >= 4 is 12.1 Å². The average molecular weight is 312 g/mol. The van der Waals surface area contributed by atoms with Gasteiger partial charge in [-0.25, -0.2) is 4.79 Å². The number of amides is 2. The fraction of sp³-hybridized carbons (Fsp3) is 0.167. The lowest BCUT2D eigenvalue weighted by Crippen LogP contribution is -2.31. The Bertz CT molecular complexity index is 683. The van der Waals surface area contributed by atoms with Gasteiger partial charge in [-0.15, -0.1) is 0 Å². The molecule has 0 saturated carbocycles. The van der Waals surface area contributed by atoms with Crippen molar-refractivity contribution in [3.63, 3.8) is 0 Å². The smallest absolute Gasteiger partial charge is 0.319 e. The molecule has 0 atom stereocenters. The summed E-state index contributed by atoms with van der Waals surface area (Å²) in [5.74, 6) is 1.52. The molecule has 2 aromatic rings. The first-order chi connectivity index (χ1) is 11.2. The van der Waals surface area contributed by atoms with Gasteiger partial charge in [0.15, 0.2) is 0 Å². The minimum atomic E-state index is -0.282. The van der Waals surface area contributed by atoms with Crippen LogP contribution in [0.3, 0.4) is 0 Å². The second-order valence-corrected chi connectivity index (χ2v) is 4.75. The zero-order chi connectivity index (χ0) is 16.5. The van der Waals surface area contributed by atoms with E-state index in [2.05, 4.69) is 10.6 Å². The third-order valence-electron chi connectivity index (χ3n) is 3.22. The van der Waals surface area contributed by atoms with E-state index in [0.717, 1.165) is 22.6 Å². The van der Waals surface area contributed by atoms with Gasteiger partial charge in [-0.3, -0.25) is 0 Å². The summed E-state index contributed by atoms with van der Waals surface area (Å²) in [6, 6.07) is 14.8. The molecule has 0 aliphatic rings. The Morgan fingerprint density at radius 1 is 1.09 bits per heavy atom. The highest BCUT2D eigenvalue weighted by Crippen LogP contribution is 2.16. The number of nitrogens with one attached hydrogen (secondary N) is 2. The molecule has 2 N–H and O–H groups in total. The molecule has 0 bridgehead atoms. The summed E-state index contributed by atoms with van der Waals surface area (Å²) in [6.45, 7) is 0.392. The number of ether oxygens (including phenoxy) is 2. The van der Waals surface area contributed by atoms with Crippen LogP contribution in [-0.2, 0) is 6.54 Å². The molecule has 2 amide bonds. The largest absolute Gasteiger partial charge is 0.497 e. The van der Waals surface area contributed by atoms with E-state index in [9.17, 15) is 4.79 Å². The maximum atomic E-state index is 11.8. The van der Waals surface area contributed by atoms with Crippen molar-refractivity contribution in [1.29, 1.82) is 0 Å². The van der Waals surface area contributed by atoms with Gasteiger partial charge in [-0.2, -0.15) is 0 Å². The fourth-order valence-electron chi connectivity index (χ4n) is 2.03. The molecule has 0 aliphatic carbocycles. The Kier molecular flexibility index (Phi) is 6.06. The molecule has 0 aliphatic heterocycles. The Labute approximate surface area is 135 Å². The molecule has 0 unspecified atom stereocenters. The van der Waals surface area contributed by atoms with Crippen LogP contribution in [0, 0.1) is 0 Å². The van der Waals surface area contributed by atoms with Crippen molar-refractivity contribution in [2.75, 3.05) is 14.2 Å². The monoisotopic (exact) mass is 312 g/mol. The van der Waals surface area contributed by atoms with E-state index >= 15 is 0 Å². The van der Waals surface area contributed by atoms with Crippen LogP contribution in [0.25, 0.3) is 6.08 Å². The van der Waals surface area contributed by atoms with Gasteiger partial charge in [0.05, 0.1) is 14.2 Å². The number of urea groups is 1. The number of hydrogen-bond acceptors (Lipinski definition) is 3. The molecule has 0 heterocycles. The van der Waals surface area contributed by atoms with Gasteiger partial charge in [-0.05, 0) is 29.8 Å². The van der Waals surface area contributed by atoms with E-state index in [4.69, 9.17) is 9.47 Å². The van der Waals surface area contributed by atoms with Gasteiger partial charge >= 0.3 is 6.03 Å². The minimum absolute atomic E-state index is 0.282. The Morgan fingerprint density at radius 3 is 2.70 bits per heavy atom. The highest BCUT2D eigenvalue weighted by Gasteiger charge is 2.03. The molecule has 5 nitrogen and oxygen atoms in total. The summed E-state index contributed by atoms with van der Waals surface area (Å²) in [6.07, 6.45) is 3.39. The Balaban J connectivity index is 1.84. The molecule has 120 valence electrons. The molecule has 2 aromatic carbocycles. The molecule has 0 saturated heterocycles. The average Bonchev–Trinajstić information content (AvgIpc) is 2.60. The van der Waals surface area contributed by atoms with Crippen LogP contribution < -0.4 is 20.1 Å². The second kappa shape index (κ2) is 8.48. The van der Waals surface area contributed by atoms with Gasteiger partial charge < -0.3 is 20.1 Å². The highest BCUT2D eigenvalue weighted by atomic mass is 16.5. The summed E-state index contributed by atoms with van der Waals surface area (Å²) in [4.78, 5) is 11.8. The van der Waals surface area contributed by atoms with Gasteiger partial charge in [0, 0.05) is 18.3 Å². The molecule has 2 rings (SSSR count). The predicted octanol–water partition coefficient (Wildman–Crippen LogP) is 3.17. The Morgan fingerprint density at radius 2 is 1.91 bits per heavy atom. The molecule has 0 spiro atoms. The zero-order valence-electron chi connectivity index (χ0n) is 13.2. The lowest BCUT2D eigenvalue weighted by atomic mass is 10.2. The van der Waals surface area contributed by atoms with Gasteiger partial charge in [0.25, 0.3) is 0 Å². The molecule has 0 aromatic heterocycles. The normalized spacial score (nSPS) is 10.3. The quantitative estimate of drug-likeness (QED) is 0.861. The molecular formula is C18H20N2O3. The first-order valence-electron chi connectivity index (χ1n) is 7.20. The van der Waals surface area contributed by atoms with E-state index in [1.807, 2.05) is 48.5 Å². The van der Waals surface area contributed by atoms with Crippen LogP contribution in [0.15, 0.2) is 54.7 Å². The fourth-order valence-corrected chi connectivity index (χ4v) is 2.03. The summed E-state index contributed by atoms with van der Waals surface area (Å²) < 4.78 is 10.4. The standard InChI is InChI=1S/C18H20N2O3/c1-22-16-8-5-6-14(12-16)10-11-19-18(21)20-13-15-7-3-4-9-17(15)23-2/h3-12H,13H2,1-2H3,(H2,19,20,21)/b11-10+. The SMILES string of the molecule is COc1cccc(/C=C/NC(=O)NCc2ccccc2OC)c1. The maximum absolute atomic E-state index is 11.8. The van der Waals surface area contributed by atoms with Crippen LogP contribution in [0.4, 0.5) is 4.79 Å². The van der Waals surface area contributed by atoms with Crippen molar-refractivity contribution in [1.82, 2.24) is 10.6 Å². The molecular weight excluding hydrogens is 292 g/mol. The lowest BCUT2D eigenvalue weighted by Gasteiger charge is -2.09. The van der Waals surface area contributed by atoms with Crippen LogP contribution in [0.5, 0.6) is 11.5 Å². The Hall–Kier alpha value is -2.95. The molecule has 5 heteroatoms. The number of hydrogen-bond donors (Lipinski definition) is 2. The summed E-state index contributed by atoms with van der Waals surface area (Å²) >= 11 is 0. The third kappa shape index (κ3) is 5.07. The van der Waals surface area contributed by atoms with Crippen molar-refractivity contribution in [3.05, 3.63) is 65.9 Å². The first kappa shape index (κ1) is 16.4. The first-order valence-corrected chi connectivity index (χ1v) is 7.20. The molecule has 0 fully saturated rings. The van der Waals surface area contributed by atoms with Crippen LogP contribution >= 0.6 is 0 Å². The van der Waals surface area contributed by atoms with E-state index in [1.54, 1.807) is 26.5 Å². The second-order valence-electron chi connectivity index (χ2n) is 4.75. The van der Waals surface area contributed by atoms with Gasteiger partial charge in [0.1, 0.15) is 11.5 Å². The van der Waals surface area contributed by atoms with Crippen LogP contribution in [-0.4, -0.2) is 20.3 Å². The zero-order valence-corrected chi connectivity index (χ0v) is 13.2. The minimum Gasteiger partial charge on any atom is -0.497 e. The van der Waals surface area contributed by atoms with Crippen molar-refractivity contribution in [2.24, 2.45) is 0 Å². The van der Waals surface area contributed by atoms with Gasteiger partial charge in [0.2, 0.25) is 0 Å². The van der Waals surface area contributed by atoms with Crippen LogP contribution in [0.1, 0.15) is 11.1 Å². The van der Waals surface area contributed by atoms with Crippen molar-refractivity contribution in [3.8, 4) is 11.5 Å². The summed E-state index contributed by atoms with van der Waals surface area (Å²) in [7, 11) is 3.22. The number of rotatable bonds is 6. The summed E-state index contributed by atoms with van der Waals surface area (Å²) in [5.41, 5.74) is 1.86. The van der Waals surface area contributed by atoms with Crippen LogP contribution in [0.2, 0.25) is 0 Å². The number of para-hydroxylation sites is 1.